The van der Waals surface area contributed by atoms with E-state index in [2.05, 4.69) is 5.32 Å². The summed E-state index contributed by atoms with van der Waals surface area (Å²) < 4.78 is 16.1. The Bertz CT molecular complexity index is 510. The number of nitrogens with two attached hydrogens (primary N) is 1. The van der Waals surface area contributed by atoms with Gasteiger partial charge < -0.3 is 39.6 Å². The zero-order chi connectivity index (χ0) is 22.5. The maximum atomic E-state index is 11.6. The number of nitrogens with zero attached hydrogens (tertiary/aromatic N) is 1. The normalized spacial score (nSPS) is 14.0. The van der Waals surface area contributed by atoms with Crippen molar-refractivity contribution < 1.29 is 43.0 Å². The van der Waals surface area contributed by atoms with Crippen LogP contribution >= 0.6 is 0 Å². The summed E-state index contributed by atoms with van der Waals surface area (Å²) in [5.74, 6) is -3.68. The molecule has 0 aromatic rings. The lowest BCUT2D eigenvalue weighted by Gasteiger charge is -2.42. The van der Waals surface area contributed by atoms with Gasteiger partial charge >= 0.3 is 26.7 Å². The summed E-state index contributed by atoms with van der Waals surface area (Å²) in [6, 6.07) is 0.350. The Labute approximate surface area is 171 Å². The van der Waals surface area contributed by atoms with E-state index in [9.17, 15) is 29.7 Å². The Morgan fingerprint density at radius 3 is 1.90 bits per heavy atom. The molecule has 0 aliphatic rings. The third-order valence-electron chi connectivity index (χ3n) is 4.64. The van der Waals surface area contributed by atoms with Crippen molar-refractivity contribution in [2.75, 3.05) is 54.1 Å². The molecule has 0 spiro atoms. The van der Waals surface area contributed by atoms with Crippen LogP contribution in [-0.4, -0.2) is 107 Å². The predicted molar refractivity (Wildman–Crippen MR) is 105 cm³/mol. The highest BCUT2D eigenvalue weighted by Gasteiger charge is 2.43. The molecule has 0 heterocycles. The van der Waals surface area contributed by atoms with Crippen LogP contribution in [0.15, 0.2) is 0 Å². The Morgan fingerprint density at radius 2 is 1.52 bits per heavy atom. The Kier molecular flexibility index (Phi) is 12.8. The molecule has 12 nitrogen and oxygen atoms in total. The van der Waals surface area contributed by atoms with E-state index < -0.39 is 51.8 Å². The highest BCUT2D eigenvalue weighted by Crippen LogP contribution is 2.29. The second-order valence-corrected chi connectivity index (χ2v) is 9.64. The molecule has 13 heteroatoms. The number of carboxylic acids is 3. The topological polar surface area (TPSA) is 181 Å². The van der Waals surface area contributed by atoms with E-state index in [1.54, 1.807) is 0 Å². The summed E-state index contributed by atoms with van der Waals surface area (Å²) in [5.41, 5.74) is 4.21. The van der Waals surface area contributed by atoms with Gasteiger partial charge in [0.1, 0.15) is 0 Å². The van der Waals surface area contributed by atoms with Crippen molar-refractivity contribution in [1.29, 1.82) is 0 Å². The van der Waals surface area contributed by atoms with Crippen molar-refractivity contribution in [3.05, 3.63) is 0 Å². The zero-order valence-electron chi connectivity index (χ0n) is 17.2. The van der Waals surface area contributed by atoms with Gasteiger partial charge in [0.2, 0.25) is 0 Å². The van der Waals surface area contributed by atoms with Gasteiger partial charge in [-0.1, -0.05) is 0 Å². The molecule has 0 aromatic heterocycles. The molecule has 0 aromatic carbocycles. The number of aliphatic carboxylic acids is 3. The fourth-order valence-corrected chi connectivity index (χ4v) is 4.96. The quantitative estimate of drug-likeness (QED) is 0.128. The Balaban J connectivity index is 5.82. The van der Waals surface area contributed by atoms with Crippen molar-refractivity contribution in [3.8, 4) is 0 Å². The van der Waals surface area contributed by atoms with Gasteiger partial charge in [0.25, 0.3) is 0 Å². The third-order valence-corrected chi connectivity index (χ3v) is 7.47. The van der Waals surface area contributed by atoms with Gasteiger partial charge in [-0.15, -0.1) is 0 Å². The van der Waals surface area contributed by atoms with Crippen molar-refractivity contribution in [3.63, 3.8) is 0 Å². The molecule has 1 unspecified atom stereocenters. The molecule has 0 aliphatic carbocycles. The number of rotatable bonds is 18. The maximum Gasteiger partial charge on any atom is 0.500 e. The van der Waals surface area contributed by atoms with Gasteiger partial charge in [0.05, 0.1) is 19.5 Å². The summed E-state index contributed by atoms with van der Waals surface area (Å²) in [5, 5.41) is 31.0. The van der Waals surface area contributed by atoms with E-state index in [4.69, 9.17) is 19.0 Å². The molecule has 0 rings (SSSR count). The fourth-order valence-electron chi connectivity index (χ4n) is 3.23. The van der Waals surface area contributed by atoms with Crippen LogP contribution in [0.2, 0.25) is 6.04 Å². The monoisotopic (exact) mass is 439 g/mol. The second kappa shape index (κ2) is 13.6. The average Bonchev–Trinajstić information content (AvgIpc) is 2.64. The summed E-state index contributed by atoms with van der Waals surface area (Å²) in [6.45, 7) is -0.536. The molecule has 170 valence electrons. The number of hydrogen-bond acceptors (Lipinski definition) is 9. The standard InChI is InChI=1S/C16H33N3O9Si/c1-26-29(27-2,28-3)8-4-5-16(9-13(20)21,12-18-7-6-17)19(10-14(22)23)11-15(24)25/h18H,4-12,17H2,1-3H3,(H,20,21)(H,22,23)(H,24,25). The van der Waals surface area contributed by atoms with Crippen molar-refractivity contribution in [1.82, 2.24) is 10.2 Å². The van der Waals surface area contributed by atoms with Gasteiger partial charge in [-0.3, -0.25) is 19.3 Å². The highest BCUT2D eigenvalue weighted by atomic mass is 28.4. The molecule has 29 heavy (non-hydrogen) atoms. The molecule has 0 radical (unpaired) electrons. The van der Waals surface area contributed by atoms with E-state index >= 15 is 0 Å². The molecule has 0 saturated heterocycles. The summed E-state index contributed by atoms with van der Waals surface area (Å²) >= 11 is 0. The van der Waals surface area contributed by atoms with Crippen molar-refractivity contribution in [2.45, 2.75) is 30.8 Å². The third kappa shape index (κ3) is 9.62. The smallest absolute Gasteiger partial charge is 0.481 e. The van der Waals surface area contributed by atoms with E-state index in [1.807, 2.05) is 0 Å². The van der Waals surface area contributed by atoms with Crippen molar-refractivity contribution in [2.24, 2.45) is 5.73 Å². The Morgan fingerprint density at radius 1 is 1.00 bits per heavy atom. The lowest BCUT2D eigenvalue weighted by Crippen LogP contribution is -2.59. The number of hydrogen-bond donors (Lipinski definition) is 5. The maximum absolute atomic E-state index is 11.6. The molecule has 0 aliphatic heterocycles. The van der Waals surface area contributed by atoms with E-state index in [0.29, 0.717) is 19.0 Å². The average molecular weight is 440 g/mol. The first kappa shape index (κ1) is 27.4. The first-order chi connectivity index (χ1) is 13.6. The van der Waals surface area contributed by atoms with Gasteiger partial charge in [0, 0.05) is 52.5 Å². The van der Waals surface area contributed by atoms with E-state index in [-0.39, 0.29) is 19.5 Å². The molecular weight excluding hydrogens is 406 g/mol. The van der Waals surface area contributed by atoms with Crippen LogP contribution in [0.5, 0.6) is 0 Å². The van der Waals surface area contributed by atoms with Gasteiger partial charge in [-0.25, -0.2) is 0 Å². The van der Waals surface area contributed by atoms with Crippen molar-refractivity contribution >= 4 is 26.7 Å². The van der Waals surface area contributed by atoms with Gasteiger partial charge in [-0.2, -0.15) is 0 Å². The molecule has 0 bridgehead atoms. The molecule has 6 N–H and O–H groups in total. The van der Waals surface area contributed by atoms with Gasteiger partial charge in [-0.05, 0) is 12.8 Å². The van der Waals surface area contributed by atoms with Crippen LogP contribution in [0, 0.1) is 0 Å². The number of carbonyl (C=O) groups is 3. The molecule has 0 fully saturated rings. The lowest BCUT2D eigenvalue weighted by molar-refractivity contribution is -0.150. The minimum atomic E-state index is -2.93. The van der Waals surface area contributed by atoms with Crippen LogP contribution in [0.25, 0.3) is 0 Å². The van der Waals surface area contributed by atoms with Crippen LogP contribution in [0.4, 0.5) is 0 Å². The minimum Gasteiger partial charge on any atom is -0.481 e. The van der Waals surface area contributed by atoms with Gasteiger partial charge in [0.15, 0.2) is 0 Å². The molecule has 0 amide bonds. The van der Waals surface area contributed by atoms with Crippen LogP contribution < -0.4 is 11.1 Å². The number of nitrogens with one attached hydrogen (secondary N) is 1. The lowest BCUT2D eigenvalue weighted by atomic mass is 9.87. The van der Waals surface area contributed by atoms with E-state index in [1.165, 1.54) is 26.2 Å². The summed E-state index contributed by atoms with van der Waals surface area (Å²) in [4.78, 5) is 35.5. The Hall–Kier alpha value is -1.61. The van der Waals surface area contributed by atoms with Crippen LogP contribution in [0.1, 0.15) is 19.3 Å². The molecular formula is C16H33N3O9Si. The SMILES string of the molecule is CO[Si](CCCC(CNCCN)(CC(=O)O)N(CC(=O)O)CC(=O)O)(OC)OC. The predicted octanol–water partition coefficient (Wildman–Crippen LogP) is -1.12. The first-order valence-electron chi connectivity index (χ1n) is 9.07. The largest absolute Gasteiger partial charge is 0.500 e. The fraction of sp³-hybridized carbons (Fsp3) is 0.812. The van der Waals surface area contributed by atoms with E-state index in [0.717, 1.165) is 0 Å². The number of carboxylic acid groups (broad SMARTS) is 3. The summed E-state index contributed by atoms with van der Waals surface area (Å²) in [6.07, 6.45) is 0.101. The first-order valence-corrected chi connectivity index (χ1v) is 11.0. The molecule has 0 saturated carbocycles. The van der Waals surface area contributed by atoms with Crippen LogP contribution in [-0.2, 0) is 27.7 Å². The second-order valence-electron chi connectivity index (χ2n) is 6.55. The van der Waals surface area contributed by atoms with Crippen LogP contribution in [0.3, 0.4) is 0 Å². The molecule has 1 atom stereocenters. The zero-order valence-corrected chi connectivity index (χ0v) is 18.2. The summed E-state index contributed by atoms with van der Waals surface area (Å²) in [7, 11) is 1.42. The minimum absolute atomic E-state index is 0.0541. The highest BCUT2D eigenvalue weighted by molar-refractivity contribution is 6.60.